The first-order valence-electron chi connectivity index (χ1n) is 9.92. The Morgan fingerprint density at radius 1 is 1.12 bits per heavy atom. The molecule has 0 saturated carbocycles. The Morgan fingerprint density at radius 3 is 2.41 bits per heavy atom. The number of nitrogens with one attached hydrogen (secondary N) is 2. The van der Waals surface area contributed by atoms with Crippen LogP contribution in [0.25, 0.3) is 10.1 Å². The molecule has 2 heterocycles. The van der Waals surface area contributed by atoms with Crippen molar-refractivity contribution in [2.75, 3.05) is 43.8 Å². The summed E-state index contributed by atoms with van der Waals surface area (Å²) in [4.78, 5) is 26.8. The number of sulfonamides is 1. The second-order valence-corrected chi connectivity index (χ2v) is 10.3. The molecule has 0 unspecified atom stereocenters. The summed E-state index contributed by atoms with van der Waals surface area (Å²) in [6.45, 7) is 2.06. The molecule has 0 aliphatic carbocycles. The Kier molecular flexibility index (Phi) is 7.30. The Labute approximate surface area is 187 Å². The average molecular weight is 493 g/mol. The summed E-state index contributed by atoms with van der Waals surface area (Å²) in [5, 5.41) is 6.34. The number of alkyl halides is 3. The molecule has 1 aliphatic rings. The van der Waals surface area contributed by atoms with Gasteiger partial charge in [0.2, 0.25) is 10.0 Å². The summed E-state index contributed by atoms with van der Waals surface area (Å²) in [5.74, 6) is -1.39. The molecule has 2 aromatic rings. The Morgan fingerprint density at radius 2 is 1.78 bits per heavy atom. The molecular weight excluding hydrogens is 469 g/mol. The highest BCUT2D eigenvalue weighted by Gasteiger charge is 2.35. The predicted octanol–water partition coefficient (Wildman–Crippen LogP) is 3.08. The maximum Gasteiger partial charge on any atom is 0.390 e. The molecule has 3 rings (SSSR count). The molecule has 1 aromatic carbocycles. The van der Waals surface area contributed by atoms with Gasteiger partial charge in [0.25, 0.3) is 5.91 Å². The van der Waals surface area contributed by atoms with E-state index in [1.165, 1.54) is 16.2 Å². The van der Waals surface area contributed by atoms with Crippen LogP contribution in [0.2, 0.25) is 0 Å². The number of anilines is 1. The molecule has 0 radical (unpaired) electrons. The van der Waals surface area contributed by atoms with Crippen molar-refractivity contribution in [3.8, 4) is 0 Å². The fourth-order valence-corrected chi connectivity index (χ4v) is 5.91. The number of benzene rings is 1. The lowest BCUT2D eigenvalue weighted by molar-refractivity contribution is -0.130. The molecule has 0 bridgehead atoms. The molecule has 2 N–H and O–H groups in total. The quantitative estimate of drug-likeness (QED) is 0.648. The summed E-state index contributed by atoms with van der Waals surface area (Å²) in [7, 11) is -4.07. The van der Waals surface area contributed by atoms with Crippen LogP contribution in [-0.2, 0) is 10.0 Å². The maximum atomic E-state index is 13.3. The largest absolute Gasteiger partial charge is 0.390 e. The number of nitrogens with zero attached hydrogens (tertiary/aromatic N) is 2. The number of amides is 3. The van der Waals surface area contributed by atoms with Crippen LogP contribution in [0, 0.1) is 0 Å². The lowest BCUT2D eigenvalue weighted by Gasteiger charge is -2.34. The third-order valence-corrected chi connectivity index (χ3v) is 7.89. The van der Waals surface area contributed by atoms with Gasteiger partial charge in [0, 0.05) is 42.8 Å². The minimum absolute atomic E-state index is 0.0366. The number of urea groups is 1. The molecule has 13 heteroatoms. The highest BCUT2D eigenvalue weighted by Crippen LogP contribution is 2.36. The van der Waals surface area contributed by atoms with Gasteiger partial charge in [-0.25, -0.2) is 13.2 Å². The first-order valence-corrected chi connectivity index (χ1v) is 12.3. The van der Waals surface area contributed by atoms with Gasteiger partial charge in [0.05, 0.1) is 17.7 Å². The molecule has 8 nitrogen and oxygen atoms in total. The van der Waals surface area contributed by atoms with Crippen molar-refractivity contribution in [1.82, 2.24) is 14.5 Å². The molecular formula is C19H23F3N4O4S2. The van der Waals surface area contributed by atoms with E-state index in [0.717, 1.165) is 9.01 Å². The van der Waals surface area contributed by atoms with Crippen LogP contribution in [-0.4, -0.2) is 74.2 Å². The Hall–Kier alpha value is -2.38. The monoisotopic (exact) mass is 492 g/mol. The third-order valence-electron chi connectivity index (χ3n) is 4.94. The zero-order valence-corrected chi connectivity index (χ0v) is 18.9. The van der Waals surface area contributed by atoms with Gasteiger partial charge in [-0.15, -0.1) is 11.3 Å². The van der Waals surface area contributed by atoms with E-state index < -0.39 is 34.4 Å². The first kappa shape index (κ1) is 24.3. The highest BCUT2D eigenvalue weighted by molar-refractivity contribution is 7.89. The first-order chi connectivity index (χ1) is 15.0. The van der Waals surface area contributed by atoms with Gasteiger partial charge in [-0.2, -0.15) is 17.5 Å². The summed E-state index contributed by atoms with van der Waals surface area (Å²) >= 11 is 1.25. The third kappa shape index (κ3) is 5.70. The summed E-state index contributed by atoms with van der Waals surface area (Å²) < 4.78 is 63.5. The van der Waals surface area contributed by atoms with Gasteiger partial charge in [-0.3, -0.25) is 10.1 Å². The molecule has 3 amide bonds. The number of hydrogen-bond acceptors (Lipinski definition) is 5. The molecule has 0 atom stereocenters. The van der Waals surface area contributed by atoms with Crippen molar-refractivity contribution >= 4 is 48.4 Å². The van der Waals surface area contributed by atoms with Crippen molar-refractivity contribution in [3.05, 3.63) is 29.8 Å². The molecule has 1 aromatic heterocycles. The maximum absolute atomic E-state index is 13.3. The lowest BCUT2D eigenvalue weighted by atomic mass is 10.1. The number of piperazine rings is 1. The fraction of sp³-hybridized carbons (Fsp3) is 0.474. The van der Waals surface area contributed by atoms with Crippen molar-refractivity contribution < 1.29 is 31.2 Å². The summed E-state index contributed by atoms with van der Waals surface area (Å²) in [6.07, 6.45) is -5.97. The number of thiophene rings is 1. The normalized spacial score (nSPS) is 15.7. The number of fused-ring (bicyclic) bond motifs is 1. The predicted molar refractivity (Wildman–Crippen MR) is 116 cm³/mol. The van der Waals surface area contributed by atoms with Gasteiger partial charge in [-0.1, -0.05) is 18.2 Å². The summed E-state index contributed by atoms with van der Waals surface area (Å²) in [5.41, 5.74) is 0.310. The van der Waals surface area contributed by atoms with E-state index in [0.29, 0.717) is 22.5 Å². The zero-order valence-electron chi connectivity index (χ0n) is 17.2. The van der Waals surface area contributed by atoms with E-state index in [4.69, 9.17) is 0 Å². The van der Waals surface area contributed by atoms with Crippen LogP contribution in [0.1, 0.15) is 23.7 Å². The molecule has 176 valence electrons. The second kappa shape index (κ2) is 9.63. The molecule has 1 fully saturated rings. The van der Waals surface area contributed by atoms with Gasteiger partial charge in [0.1, 0.15) is 5.00 Å². The van der Waals surface area contributed by atoms with Gasteiger partial charge in [0.15, 0.2) is 0 Å². The topological polar surface area (TPSA) is 98.8 Å². The van der Waals surface area contributed by atoms with Crippen LogP contribution in [0.4, 0.5) is 23.0 Å². The minimum Gasteiger partial charge on any atom is -0.338 e. The smallest absolute Gasteiger partial charge is 0.338 e. The van der Waals surface area contributed by atoms with E-state index in [9.17, 15) is 31.2 Å². The SMILES string of the molecule is CCNC(=O)Nc1sc2ccccc2c1C(=O)N1CCN(S(=O)(=O)CCC(F)(F)F)CC1. The molecule has 1 saturated heterocycles. The van der Waals surface area contributed by atoms with Crippen LogP contribution in [0.5, 0.6) is 0 Å². The molecule has 0 spiro atoms. The van der Waals surface area contributed by atoms with Crippen molar-refractivity contribution in [2.24, 2.45) is 0 Å². The number of rotatable bonds is 6. The van der Waals surface area contributed by atoms with E-state index in [2.05, 4.69) is 10.6 Å². The fourth-order valence-electron chi connectivity index (χ4n) is 3.35. The molecule has 1 aliphatic heterocycles. The zero-order chi connectivity index (χ0) is 23.5. The van der Waals surface area contributed by atoms with Gasteiger partial charge >= 0.3 is 12.2 Å². The Bertz CT molecular complexity index is 1090. The van der Waals surface area contributed by atoms with Gasteiger partial charge < -0.3 is 10.2 Å². The van der Waals surface area contributed by atoms with Crippen molar-refractivity contribution in [2.45, 2.75) is 19.5 Å². The number of carbonyl (C=O) groups is 2. The van der Waals surface area contributed by atoms with Crippen molar-refractivity contribution in [1.29, 1.82) is 0 Å². The minimum atomic E-state index is -4.56. The van der Waals surface area contributed by atoms with E-state index >= 15 is 0 Å². The number of carbonyl (C=O) groups excluding carboxylic acids is 2. The standard InChI is InChI=1S/C19H23F3N4O4S2/c1-2-23-18(28)24-16-15(13-5-3-4-6-14(13)31-16)17(27)25-8-10-26(11-9-25)32(29,30)12-7-19(20,21)22/h3-6H,2,7-12H2,1H3,(H2,23,24,28). The second-order valence-electron chi connectivity index (χ2n) is 7.16. The molecule has 32 heavy (non-hydrogen) atoms. The van der Waals surface area contributed by atoms with Crippen LogP contribution < -0.4 is 10.6 Å². The van der Waals surface area contributed by atoms with E-state index in [1.54, 1.807) is 19.1 Å². The van der Waals surface area contributed by atoms with Crippen LogP contribution in [0.3, 0.4) is 0 Å². The van der Waals surface area contributed by atoms with E-state index in [1.807, 2.05) is 12.1 Å². The number of hydrogen-bond donors (Lipinski definition) is 2. The van der Waals surface area contributed by atoms with Crippen LogP contribution >= 0.6 is 11.3 Å². The lowest BCUT2D eigenvalue weighted by Crippen LogP contribution is -2.51. The number of halogens is 3. The van der Waals surface area contributed by atoms with Crippen LogP contribution in [0.15, 0.2) is 24.3 Å². The summed E-state index contributed by atoms with van der Waals surface area (Å²) in [6, 6.07) is 6.72. The highest BCUT2D eigenvalue weighted by atomic mass is 32.2. The average Bonchev–Trinajstić information content (AvgIpc) is 3.09. The Balaban J connectivity index is 1.76. The van der Waals surface area contributed by atoms with Crippen molar-refractivity contribution in [3.63, 3.8) is 0 Å². The van der Waals surface area contributed by atoms with Gasteiger partial charge in [-0.05, 0) is 13.0 Å². The van der Waals surface area contributed by atoms with E-state index in [-0.39, 0.29) is 32.1 Å².